The Morgan fingerprint density at radius 3 is 2.64 bits per heavy atom. The predicted octanol–water partition coefficient (Wildman–Crippen LogP) is 1.57. The number of hydrogen-bond donors (Lipinski definition) is 1. The third-order valence-electron chi connectivity index (χ3n) is 6.01. The number of hydrogen-bond acceptors (Lipinski definition) is 6. The summed E-state index contributed by atoms with van der Waals surface area (Å²) >= 11 is 0. The van der Waals surface area contributed by atoms with Gasteiger partial charge in [-0.3, -0.25) is 19.8 Å². The number of barbiturate groups is 1. The van der Waals surface area contributed by atoms with Crippen LogP contribution in [0, 0.1) is 12.3 Å². The predicted molar refractivity (Wildman–Crippen MR) is 102 cm³/mol. The van der Waals surface area contributed by atoms with Gasteiger partial charge in [0.1, 0.15) is 5.58 Å². The zero-order valence-electron chi connectivity index (χ0n) is 16.2. The molecule has 1 spiro atoms. The van der Waals surface area contributed by atoms with E-state index < -0.39 is 34.9 Å². The van der Waals surface area contributed by atoms with Crippen molar-refractivity contribution in [3.63, 3.8) is 0 Å². The number of nitrogens with zero attached hydrogens (tertiary/aromatic N) is 2. The van der Waals surface area contributed by atoms with Crippen molar-refractivity contribution in [3.8, 4) is 0 Å². The number of benzene rings is 1. The van der Waals surface area contributed by atoms with Crippen LogP contribution < -0.4 is 15.8 Å². The van der Waals surface area contributed by atoms with Crippen molar-refractivity contribution in [3.05, 3.63) is 39.7 Å². The summed E-state index contributed by atoms with van der Waals surface area (Å²) in [5.74, 6) is -1.29. The number of rotatable bonds is 1. The molecule has 1 aromatic heterocycles. The van der Waals surface area contributed by atoms with Crippen molar-refractivity contribution < 1.29 is 18.8 Å². The molecular weight excluding hydrogens is 362 g/mol. The van der Waals surface area contributed by atoms with Crippen molar-refractivity contribution in [1.29, 1.82) is 0 Å². The highest BCUT2D eigenvalue weighted by atomic mass is 16.4. The van der Waals surface area contributed by atoms with E-state index in [0.29, 0.717) is 17.8 Å². The maximum absolute atomic E-state index is 13.1. The van der Waals surface area contributed by atoms with Crippen molar-refractivity contribution in [2.24, 2.45) is 5.41 Å². The van der Waals surface area contributed by atoms with E-state index in [0.717, 1.165) is 15.8 Å². The average molecular weight is 383 g/mol. The standard InChI is InChI=1S/C20H21N3O5/c1-5-23-11(3)20(17(25)21-19(27)22(4)18(20)26)9-13-15(23)12-8-10(2)6-7-14(12)28-16(13)24/h6-8,11H,5,9H2,1-4H3,(H,21,25,27). The monoisotopic (exact) mass is 383 g/mol. The van der Waals surface area contributed by atoms with Crippen LogP contribution in [0.1, 0.15) is 25.0 Å². The Labute approximate surface area is 161 Å². The molecule has 8 nitrogen and oxygen atoms in total. The molecule has 28 heavy (non-hydrogen) atoms. The summed E-state index contributed by atoms with van der Waals surface area (Å²) in [6.45, 7) is 6.10. The summed E-state index contributed by atoms with van der Waals surface area (Å²) in [6, 6.07) is 4.23. The number of aryl methyl sites for hydroxylation is 1. The molecule has 0 bridgehead atoms. The minimum Gasteiger partial charge on any atom is -0.422 e. The number of anilines is 1. The molecule has 2 unspecified atom stereocenters. The minimum atomic E-state index is -1.57. The molecule has 1 saturated heterocycles. The van der Waals surface area contributed by atoms with E-state index in [-0.39, 0.29) is 12.0 Å². The van der Waals surface area contributed by atoms with Crippen LogP contribution in [0.4, 0.5) is 10.5 Å². The van der Waals surface area contributed by atoms with Gasteiger partial charge in [-0.15, -0.1) is 0 Å². The maximum atomic E-state index is 13.1. The lowest BCUT2D eigenvalue weighted by Crippen LogP contribution is -2.71. The topological polar surface area (TPSA) is 99.9 Å². The minimum absolute atomic E-state index is 0.117. The molecule has 4 amide bonds. The van der Waals surface area contributed by atoms with E-state index in [9.17, 15) is 19.2 Å². The molecule has 0 aliphatic carbocycles. The second-order valence-corrected chi connectivity index (χ2v) is 7.45. The number of amides is 4. The third kappa shape index (κ3) is 2.17. The summed E-state index contributed by atoms with van der Waals surface area (Å²) in [7, 11) is 1.33. The molecule has 2 atom stereocenters. The second kappa shape index (κ2) is 5.92. The molecule has 1 N–H and O–H groups in total. The third-order valence-corrected chi connectivity index (χ3v) is 6.01. The van der Waals surface area contributed by atoms with Crippen LogP contribution in [0.2, 0.25) is 0 Å². The van der Waals surface area contributed by atoms with E-state index in [1.165, 1.54) is 7.05 Å². The highest BCUT2D eigenvalue weighted by Gasteiger charge is 2.60. The van der Waals surface area contributed by atoms with E-state index >= 15 is 0 Å². The first-order valence-corrected chi connectivity index (χ1v) is 9.19. The fourth-order valence-electron chi connectivity index (χ4n) is 4.45. The van der Waals surface area contributed by atoms with Gasteiger partial charge in [-0.1, -0.05) is 11.6 Å². The highest BCUT2D eigenvalue weighted by molar-refractivity contribution is 6.20. The van der Waals surface area contributed by atoms with Crippen LogP contribution in [0.15, 0.2) is 27.4 Å². The fourth-order valence-corrected chi connectivity index (χ4v) is 4.45. The summed E-state index contributed by atoms with van der Waals surface area (Å²) in [6.07, 6.45) is -0.117. The van der Waals surface area contributed by atoms with Gasteiger partial charge in [0.2, 0.25) is 11.8 Å². The number of fused-ring (bicyclic) bond motifs is 3. The van der Waals surface area contributed by atoms with Gasteiger partial charge in [-0.2, -0.15) is 0 Å². The van der Waals surface area contributed by atoms with Gasteiger partial charge in [-0.05, 0) is 32.9 Å². The van der Waals surface area contributed by atoms with E-state index in [2.05, 4.69) is 5.32 Å². The molecule has 146 valence electrons. The molecule has 0 radical (unpaired) electrons. The number of imide groups is 2. The quantitative estimate of drug-likeness (QED) is 0.593. The Morgan fingerprint density at radius 2 is 1.96 bits per heavy atom. The fraction of sp³-hybridized carbons (Fsp3) is 0.400. The summed E-state index contributed by atoms with van der Waals surface area (Å²) in [5.41, 5.74) is 0.293. The lowest BCUT2D eigenvalue weighted by molar-refractivity contribution is -0.152. The van der Waals surface area contributed by atoms with Crippen LogP contribution in [-0.2, 0) is 16.0 Å². The first kappa shape index (κ1) is 18.2. The highest BCUT2D eigenvalue weighted by Crippen LogP contribution is 2.45. The van der Waals surface area contributed by atoms with E-state index in [1.54, 1.807) is 13.0 Å². The molecule has 0 saturated carbocycles. The SMILES string of the molecule is CCN1c2c(c(=O)oc3ccc(C)cc23)CC2(C(=O)NC(=O)N(C)C2=O)C1C. The Bertz CT molecular complexity index is 1100. The van der Waals surface area contributed by atoms with Crippen LogP contribution in [-0.4, -0.2) is 42.4 Å². The summed E-state index contributed by atoms with van der Waals surface area (Å²) in [4.78, 5) is 53.5. The van der Waals surface area contributed by atoms with Crippen LogP contribution in [0.5, 0.6) is 0 Å². The Balaban J connectivity index is 2.03. The molecule has 1 aromatic carbocycles. The van der Waals surface area contributed by atoms with Gasteiger partial charge in [0, 0.05) is 31.4 Å². The van der Waals surface area contributed by atoms with Crippen molar-refractivity contribution in [2.45, 2.75) is 33.2 Å². The van der Waals surface area contributed by atoms with Gasteiger partial charge in [0.25, 0.3) is 0 Å². The summed E-state index contributed by atoms with van der Waals surface area (Å²) in [5, 5.41) is 3.03. The average Bonchev–Trinajstić information content (AvgIpc) is 2.66. The van der Waals surface area contributed by atoms with Crippen LogP contribution >= 0.6 is 0 Å². The van der Waals surface area contributed by atoms with Gasteiger partial charge >= 0.3 is 11.7 Å². The largest absolute Gasteiger partial charge is 0.422 e. The van der Waals surface area contributed by atoms with Crippen molar-refractivity contribution in [2.75, 3.05) is 18.5 Å². The Hall–Kier alpha value is -3.16. The molecule has 1 fully saturated rings. The number of urea groups is 1. The number of carbonyl (C=O) groups excluding carboxylic acids is 3. The maximum Gasteiger partial charge on any atom is 0.341 e. The molecule has 2 aromatic rings. The Morgan fingerprint density at radius 1 is 1.25 bits per heavy atom. The smallest absolute Gasteiger partial charge is 0.341 e. The van der Waals surface area contributed by atoms with Crippen LogP contribution in [0.3, 0.4) is 0 Å². The summed E-state index contributed by atoms with van der Waals surface area (Å²) < 4.78 is 5.49. The van der Waals surface area contributed by atoms with Gasteiger partial charge < -0.3 is 9.32 Å². The van der Waals surface area contributed by atoms with Gasteiger partial charge in [-0.25, -0.2) is 9.59 Å². The van der Waals surface area contributed by atoms with Gasteiger partial charge in [0.05, 0.1) is 11.3 Å². The lowest BCUT2D eigenvalue weighted by atomic mass is 9.69. The van der Waals surface area contributed by atoms with E-state index in [1.807, 2.05) is 30.9 Å². The molecule has 3 heterocycles. The number of nitrogens with one attached hydrogen (secondary N) is 1. The first-order valence-electron chi connectivity index (χ1n) is 9.19. The molecule has 8 heteroatoms. The second-order valence-electron chi connectivity index (χ2n) is 7.45. The zero-order valence-corrected chi connectivity index (χ0v) is 16.2. The number of carbonyl (C=O) groups is 3. The molecule has 2 aliphatic heterocycles. The van der Waals surface area contributed by atoms with Crippen molar-refractivity contribution >= 4 is 34.5 Å². The van der Waals surface area contributed by atoms with Gasteiger partial charge in [0.15, 0.2) is 5.41 Å². The zero-order chi connectivity index (χ0) is 20.4. The lowest BCUT2D eigenvalue weighted by Gasteiger charge is -2.49. The van der Waals surface area contributed by atoms with Crippen LogP contribution in [0.25, 0.3) is 11.0 Å². The molecular formula is C20H21N3O5. The molecule has 4 rings (SSSR count). The van der Waals surface area contributed by atoms with Crippen molar-refractivity contribution in [1.82, 2.24) is 10.2 Å². The normalized spacial score (nSPS) is 24.7. The molecule has 2 aliphatic rings. The first-order chi connectivity index (χ1) is 13.2. The Kier molecular flexibility index (Phi) is 3.85. The van der Waals surface area contributed by atoms with E-state index in [4.69, 9.17) is 4.42 Å².